The molecule has 0 spiro atoms. The van der Waals surface area contributed by atoms with Gasteiger partial charge in [0.05, 0.1) is 7.11 Å². The number of carbonyl (C=O) groups excluding carboxylic acids is 3. The van der Waals surface area contributed by atoms with Gasteiger partial charge in [0.2, 0.25) is 0 Å². The Morgan fingerprint density at radius 3 is 2.52 bits per heavy atom. The molecule has 0 radical (unpaired) electrons. The van der Waals surface area contributed by atoms with E-state index in [1.165, 1.54) is 7.11 Å². The summed E-state index contributed by atoms with van der Waals surface area (Å²) in [6.07, 6.45) is 2.12. The van der Waals surface area contributed by atoms with Crippen LogP contribution in [0.15, 0.2) is 54.7 Å². The van der Waals surface area contributed by atoms with Crippen molar-refractivity contribution in [2.24, 2.45) is 5.73 Å². The zero-order valence-electron chi connectivity index (χ0n) is 15.9. The van der Waals surface area contributed by atoms with E-state index in [1.807, 2.05) is 30.5 Å². The normalized spacial score (nSPS) is 11.6. The number of carbonyl (C=O) groups is 3. The Morgan fingerprint density at radius 1 is 1.10 bits per heavy atom. The molecule has 3 amide bonds. The van der Waals surface area contributed by atoms with Crippen LogP contribution in [0.4, 0.5) is 4.79 Å². The molecule has 3 aromatic rings. The summed E-state index contributed by atoms with van der Waals surface area (Å²) in [6.45, 7) is 0.266. The van der Waals surface area contributed by atoms with E-state index in [2.05, 4.69) is 15.6 Å². The summed E-state index contributed by atoms with van der Waals surface area (Å²) >= 11 is 0. The summed E-state index contributed by atoms with van der Waals surface area (Å²) in [5.74, 6) is -0.916. The third-order valence-corrected chi connectivity index (χ3v) is 4.57. The van der Waals surface area contributed by atoms with Crippen molar-refractivity contribution in [3.8, 4) is 0 Å². The van der Waals surface area contributed by atoms with Crippen molar-refractivity contribution in [3.05, 3.63) is 71.4 Å². The summed E-state index contributed by atoms with van der Waals surface area (Å²) < 4.78 is 4.87. The Labute approximate surface area is 167 Å². The van der Waals surface area contributed by atoms with Gasteiger partial charge in [0, 0.05) is 35.6 Å². The highest BCUT2D eigenvalue weighted by molar-refractivity contribution is 5.97. The van der Waals surface area contributed by atoms with Gasteiger partial charge in [-0.1, -0.05) is 30.3 Å². The van der Waals surface area contributed by atoms with E-state index in [9.17, 15) is 14.4 Å². The Bertz CT molecular complexity index is 1030. The molecule has 8 heteroatoms. The third-order valence-electron chi connectivity index (χ3n) is 4.57. The molecule has 1 heterocycles. The molecule has 2 aromatic carbocycles. The molecule has 0 unspecified atom stereocenters. The Morgan fingerprint density at radius 2 is 1.83 bits per heavy atom. The number of methoxy groups -OCH3 is 1. The van der Waals surface area contributed by atoms with Crippen LogP contribution < -0.4 is 16.4 Å². The fourth-order valence-electron chi connectivity index (χ4n) is 3.06. The highest BCUT2D eigenvalue weighted by Crippen LogP contribution is 2.19. The lowest BCUT2D eigenvalue weighted by atomic mass is 10.0. The molecule has 0 aliphatic heterocycles. The molecule has 0 bridgehead atoms. The van der Waals surface area contributed by atoms with Gasteiger partial charge in [0.25, 0.3) is 5.91 Å². The summed E-state index contributed by atoms with van der Waals surface area (Å²) in [6, 6.07) is 12.9. The van der Waals surface area contributed by atoms with E-state index in [1.54, 1.807) is 24.3 Å². The number of nitrogens with one attached hydrogen (secondary N) is 3. The summed E-state index contributed by atoms with van der Waals surface area (Å²) in [4.78, 5) is 38.8. The number of aromatic amines is 1. The van der Waals surface area contributed by atoms with E-state index in [-0.39, 0.29) is 6.54 Å². The predicted molar refractivity (Wildman–Crippen MR) is 108 cm³/mol. The third kappa shape index (κ3) is 4.92. The lowest BCUT2D eigenvalue weighted by molar-refractivity contribution is -0.142. The lowest BCUT2D eigenvalue weighted by Crippen LogP contribution is -2.43. The maximum Gasteiger partial charge on any atom is 0.328 e. The van der Waals surface area contributed by atoms with Gasteiger partial charge in [-0.15, -0.1) is 0 Å². The molecule has 8 nitrogen and oxygen atoms in total. The maximum absolute atomic E-state index is 12.6. The molecular formula is C21H22N4O4. The van der Waals surface area contributed by atoms with Gasteiger partial charge in [0.15, 0.2) is 0 Å². The van der Waals surface area contributed by atoms with Gasteiger partial charge < -0.3 is 26.1 Å². The van der Waals surface area contributed by atoms with Crippen LogP contribution in [-0.2, 0) is 22.5 Å². The van der Waals surface area contributed by atoms with E-state index in [4.69, 9.17) is 10.5 Å². The summed E-state index contributed by atoms with van der Waals surface area (Å²) in [7, 11) is 1.29. The zero-order valence-corrected chi connectivity index (χ0v) is 15.9. The average molecular weight is 394 g/mol. The van der Waals surface area contributed by atoms with Crippen molar-refractivity contribution >= 4 is 28.8 Å². The smallest absolute Gasteiger partial charge is 0.328 e. The molecule has 29 heavy (non-hydrogen) atoms. The molecule has 0 aliphatic carbocycles. The van der Waals surface area contributed by atoms with Crippen molar-refractivity contribution < 1.29 is 19.1 Å². The van der Waals surface area contributed by atoms with Gasteiger partial charge in [0.1, 0.15) is 6.04 Å². The van der Waals surface area contributed by atoms with E-state index >= 15 is 0 Å². The second kappa shape index (κ2) is 8.92. The quantitative estimate of drug-likeness (QED) is 0.456. The molecule has 1 atom stereocenters. The van der Waals surface area contributed by atoms with Crippen LogP contribution in [0, 0.1) is 0 Å². The first kappa shape index (κ1) is 19.9. The Kier molecular flexibility index (Phi) is 6.13. The van der Waals surface area contributed by atoms with Crippen molar-refractivity contribution in [2.45, 2.75) is 19.0 Å². The van der Waals surface area contributed by atoms with Crippen molar-refractivity contribution in [2.75, 3.05) is 7.11 Å². The van der Waals surface area contributed by atoms with E-state index < -0.39 is 23.9 Å². The molecule has 0 fully saturated rings. The molecule has 3 rings (SSSR count). The van der Waals surface area contributed by atoms with Gasteiger partial charge in [-0.3, -0.25) is 4.79 Å². The Hall–Kier alpha value is -3.81. The van der Waals surface area contributed by atoms with Crippen LogP contribution in [0.1, 0.15) is 21.5 Å². The second-order valence-electron chi connectivity index (χ2n) is 6.53. The molecule has 0 saturated carbocycles. The first-order chi connectivity index (χ1) is 14.0. The SMILES string of the molecule is COC(=O)[C@@H](Cc1c[nH]c2ccccc12)NC(=O)c1ccc(CNC(N)=O)cc1. The van der Waals surface area contributed by atoms with Gasteiger partial charge >= 0.3 is 12.0 Å². The van der Waals surface area contributed by atoms with Crippen molar-refractivity contribution in [1.82, 2.24) is 15.6 Å². The highest BCUT2D eigenvalue weighted by atomic mass is 16.5. The number of benzene rings is 2. The van der Waals surface area contributed by atoms with Crippen LogP contribution in [0.5, 0.6) is 0 Å². The minimum Gasteiger partial charge on any atom is -0.467 e. The lowest BCUT2D eigenvalue weighted by Gasteiger charge is -2.16. The van der Waals surface area contributed by atoms with Crippen LogP contribution >= 0.6 is 0 Å². The van der Waals surface area contributed by atoms with Crippen molar-refractivity contribution in [3.63, 3.8) is 0 Å². The van der Waals surface area contributed by atoms with Crippen LogP contribution in [0.3, 0.4) is 0 Å². The standard InChI is InChI=1S/C21H22N4O4/c1-29-20(27)18(10-15-12-23-17-5-3-2-4-16(15)17)25-19(26)14-8-6-13(7-9-14)11-24-21(22)28/h2-9,12,18,23H,10-11H2,1H3,(H,25,26)(H3,22,24,28)/t18-/m1/s1. The number of nitrogens with two attached hydrogens (primary N) is 1. The molecule has 5 N–H and O–H groups in total. The fourth-order valence-corrected chi connectivity index (χ4v) is 3.06. The first-order valence-corrected chi connectivity index (χ1v) is 9.04. The molecule has 1 aromatic heterocycles. The van der Waals surface area contributed by atoms with E-state index in [0.29, 0.717) is 12.0 Å². The van der Waals surface area contributed by atoms with Crippen molar-refractivity contribution in [1.29, 1.82) is 0 Å². The first-order valence-electron chi connectivity index (χ1n) is 9.04. The second-order valence-corrected chi connectivity index (χ2v) is 6.53. The number of hydrogen-bond donors (Lipinski definition) is 4. The van der Waals surface area contributed by atoms with Gasteiger partial charge in [-0.2, -0.15) is 0 Å². The fraction of sp³-hybridized carbons (Fsp3) is 0.190. The number of amides is 3. The highest BCUT2D eigenvalue weighted by Gasteiger charge is 2.23. The number of esters is 1. The van der Waals surface area contributed by atoms with Crippen LogP contribution in [0.25, 0.3) is 10.9 Å². The molecular weight excluding hydrogens is 372 g/mol. The average Bonchev–Trinajstić information content (AvgIpc) is 3.14. The predicted octanol–water partition coefficient (Wildman–Crippen LogP) is 1.85. The number of hydrogen-bond acceptors (Lipinski definition) is 4. The number of urea groups is 1. The number of aromatic nitrogens is 1. The number of H-pyrrole nitrogens is 1. The number of para-hydroxylation sites is 1. The molecule has 0 aliphatic rings. The largest absolute Gasteiger partial charge is 0.467 e. The van der Waals surface area contributed by atoms with Crippen LogP contribution in [0.2, 0.25) is 0 Å². The summed E-state index contributed by atoms with van der Waals surface area (Å²) in [5.41, 5.74) is 8.09. The monoisotopic (exact) mass is 394 g/mol. The number of ether oxygens (including phenoxy) is 1. The van der Waals surface area contributed by atoms with Crippen LogP contribution in [-0.4, -0.2) is 36.0 Å². The summed E-state index contributed by atoms with van der Waals surface area (Å²) in [5, 5.41) is 6.21. The van der Waals surface area contributed by atoms with Gasteiger partial charge in [-0.05, 0) is 29.3 Å². The number of fused-ring (bicyclic) bond motifs is 1. The molecule has 150 valence electrons. The Balaban J connectivity index is 1.72. The number of rotatable bonds is 7. The van der Waals surface area contributed by atoms with E-state index in [0.717, 1.165) is 22.0 Å². The minimum atomic E-state index is -0.831. The maximum atomic E-state index is 12.6. The molecule has 0 saturated heterocycles. The van der Waals surface area contributed by atoms with Gasteiger partial charge in [-0.25, -0.2) is 9.59 Å². The zero-order chi connectivity index (χ0) is 20.8. The minimum absolute atomic E-state index is 0.266. The topological polar surface area (TPSA) is 126 Å². The number of primary amides is 1.